The van der Waals surface area contributed by atoms with Gasteiger partial charge in [-0.3, -0.25) is 0 Å². The number of aromatic carboxylic acids is 1. The maximum Gasteiger partial charge on any atom is 0.336 e. The van der Waals surface area contributed by atoms with Crippen molar-refractivity contribution in [2.24, 2.45) is 0 Å². The number of aromatic hydroxyl groups is 1. The average Bonchev–Trinajstić information content (AvgIpc) is 3.31. The summed E-state index contributed by atoms with van der Waals surface area (Å²) in [6.07, 6.45) is 2.77. The fraction of sp³-hybridized carbons (Fsp3) is 0.226. The molecule has 2 N–H and O–H groups in total. The fourth-order valence-electron chi connectivity index (χ4n) is 4.88. The smallest absolute Gasteiger partial charge is 0.336 e. The van der Waals surface area contributed by atoms with Crippen molar-refractivity contribution in [3.8, 4) is 17.0 Å². The summed E-state index contributed by atoms with van der Waals surface area (Å²) in [5.41, 5.74) is 5.89. The standard InChI is InChI=1S/C31H30N4O3/c1-3-4-14-26-32-28-27(20(2)22-10-6-5-7-11-22)33-34-30(36)29(28)35(26)19-21-15-17-23(18-16-21)24-12-8-9-13-25(24)31(37)38/h5-13,15-18,20H,3-4,14,19H2,1-2H3,(H,34,36)(H,37,38). The normalized spacial score (nSPS) is 12.1. The highest BCUT2D eigenvalue weighted by atomic mass is 16.4. The summed E-state index contributed by atoms with van der Waals surface area (Å²) in [7, 11) is 0. The Morgan fingerprint density at radius 1 is 0.947 bits per heavy atom. The molecule has 0 spiro atoms. The Bertz CT molecular complexity index is 1580. The van der Waals surface area contributed by atoms with Gasteiger partial charge in [-0.1, -0.05) is 93.1 Å². The number of hydrogen-bond donors (Lipinski definition) is 2. The summed E-state index contributed by atoms with van der Waals surface area (Å²) < 4.78 is 2.04. The van der Waals surface area contributed by atoms with Crippen LogP contribution in [0.15, 0.2) is 78.9 Å². The van der Waals surface area contributed by atoms with E-state index in [1.165, 1.54) is 0 Å². The average molecular weight is 507 g/mol. The lowest BCUT2D eigenvalue weighted by molar-refractivity contribution is 0.0697. The molecule has 0 aliphatic heterocycles. The molecule has 1 unspecified atom stereocenters. The van der Waals surface area contributed by atoms with Crippen molar-refractivity contribution in [3.05, 3.63) is 107 Å². The summed E-state index contributed by atoms with van der Waals surface area (Å²) >= 11 is 0. The van der Waals surface area contributed by atoms with Crippen LogP contribution in [0.2, 0.25) is 0 Å². The minimum Gasteiger partial charge on any atom is -0.491 e. The first-order chi connectivity index (χ1) is 18.5. The highest BCUT2D eigenvalue weighted by Crippen LogP contribution is 2.33. The van der Waals surface area contributed by atoms with Crippen LogP contribution in [0.1, 0.15) is 65.6 Å². The van der Waals surface area contributed by atoms with Crippen LogP contribution in [0.5, 0.6) is 5.88 Å². The molecule has 0 bridgehead atoms. The molecule has 0 fully saturated rings. The number of benzene rings is 3. The lowest BCUT2D eigenvalue weighted by Gasteiger charge is -2.13. The van der Waals surface area contributed by atoms with Crippen molar-refractivity contribution in [3.63, 3.8) is 0 Å². The van der Waals surface area contributed by atoms with E-state index in [2.05, 4.69) is 36.2 Å². The molecule has 0 radical (unpaired) electrons. The Balaban J connectivity index is 1.55. The Labute approximate surface area is 221 Å². The van der Waals surface area contributed by atoms with E-state index in [9.17, 15) is 15.0 Å². The molecule has 2 heterocycles. The van der Waals surface area contributed by atoms with Gasteiger partial charge in [-0.25, -0.2) is 9.78 Å². The number of fused-ring (bicyclic) bond motifs is 1. The first kappa shape index (κ1) is 25.1. The van der Waals surface area contributed by atoms with Gasteiger partial charge in [0.05, 0.1) is 11.3 Å². The summed E-state index contributed by atoms with van der Waals surface area (Å²) in [5, 5.41) is 28.9. The van der Waals surface area contributed by atoms with Crippen molar-refractivity contribution in [1.29, 1.82) is 0 Å². The largest absolute Gasteiger partial charge is 0.491 e. The second-order valence-electron chi connectivity index (χ2n) is 9.50. The SMILES string of the molecule is CCCCc1nc2c(C(C)c3ccccc3)nnc(O)c2n1Cc1ccc(-c2ccccc2C(=O)O)cc1. The van der Waals surface area contributed by atoms with Gasteiger partial charge in [-0.2, -0.15) is 0 Å². The lowest BCUT2D eigenvalue weighted by Crippen LogP contribution is -2.07. The number of aromatic nitrogens is 4. The lowest BCUT2D eigenvalue weighted by atomic mass is 9.97. The second kappa shape index (κ2) is 10.8. The molecular weight excluding hydrogens is 476 g/mol. The van der Waals surface area contributed by atoms with Crippen molar-refractivity contribution in [2.45, 2.75) is 45.6 Å². The molecule has 0 aliphatic rings. The Hall–Kier alpha value is -4.52. The number of unbranched alkanes of at least 4 members (excludes halogenated alkanes) is 1. The van der Waals surface area contributed by atoms with Gasteiger partial charge in [0.1, 0.15) is 16.9 Å². The monoisotopic (exact) mass is 506 g/mol. The summed E-state index contributed by atoms with van der Waals surface area (Å²) in [5.74, 6) is -0.241. The third kappa shape index (κ3) is 4.87. The van der Waals surface area contributed by atoms with Crippen molar-refractivity contribution >= 4 is 17.0 Å². The molecule has 0 amide bonds. The van der Waals surface area contributed by atoms with E-state index in [1.807, 2.05) is 59.2 Å². The zero-order valence-electron chi connectivity index (χ0n) is 21.5. The molecule has 0 saturated heterocycles. The van der Waals surface area contributed by atoms with Crippen molar-refractivity contribution in [2.75, 3.05) is 0 Å². The fourth-order valence-corrected chi connectivity index (χ4v) is 4.88. The quantitative estimate of drug-likeness (QED) is 0.239. The number of aryl methyl sites for hydroxylation is 1. The molecule has 7 heteroatoms. The number of hydrogen-bond acceptors (Lipinski definition) is 5. The van der Waals surface area contributed by atoms with Gasteiger partial charge >= 0.3 is 5.97 Å². The number of carboxylic acid groups (broad SMARTS) is 1. The molecule has 1 atom stereocenters. The second-order valence-corrected chi connectivity index (χ2v) is 9.50. The van der Waals surface area contributed by atoms with Crippen LogP contribution in [0.4, 0.5) is 0 Å². The van der Waals surface area contributed by atoms with Crippen molar-refractivity contribution < 1.29 is 15.0 Å². The van der Waals surface area contributed by atoms with E-state index in [1.54, 1.807) is 12.1 Å². The predicted molar refractivity (Wildman–Crippen MR) is 147 cm³/mol. The van der Waals surface area contributed by atoms with Gasteiger partial charge in [0, 0.05) is 18.9 Å². The van der Waals surface area contributed by atoms with Crippen molar-refractivity contribution in [1.82, 2.24) is 19.7 Å². The maximum atomic E-state index is 11.7. The van der Waals surface area contributed by atoms with Gasteiger partial charge in [0.25, 0.3) is 5.88 Å². The molecule has 192 valence electrons. The predicted octanol–water partition coefficient (Wildman–Crippen LogP) is 6.44. The Morgan fingerprint density at radius 3 is 2.37 bits per heavy atom. The topological polar surface area (TPSA) is 101 Å². The van der Waals surface area contributed by atoms with E-state index < -0.39 is 5.97 Å². The number of carbonyl (C=O) groups is 1. The first-order valence-corrected chi connectivity index (χ1v) is 12.9. The molecular formula is C31H30N4O3. The van der Waals surface area contributed by atoms with E-state index in [4.69, 9.17) is 4.98 Å². The van der Waals surface area contributed by atoms with Gasteiger partial charge in [-0.05, 0) is 34.7 Å². The highest BCUT2D eigenvalue weighted by molar-refractivity contribution is 5.96. The molecule has 0 aliphatic carbocycles. The van der Waals surface area contributed by atoms with E-state index in [0.29, 0.717) is 23.1 Å². The van der Waals surface area contributed by atoms with Crippen LogP contribution in [-0.4, -0.2) is 35.9 Å². The molecule has 5 aromatic rings. The van der Waals surface area contributed by atoms with Crippen LogP contribution >= 0.6 is 0 Å². The van der Waals surface area contributed by atoms with Crippen LogP contribution in [0.3, 0.4) is 0 Å². The van der Waals surface area contributed by atoms with E-state index in [-0.39, 0.29) is 17.4 Å². The van der Waals surface area contributed by atoms with Crippen LogP contribution in [0.25, 0.3) is 22.2 Å². The maximum absolute atomic E-state index is 11.7. The van der Waals surface area contributed by atoms with Crippen LogP contribution in [-0.2, 0) is 13.0 Å². The zero-order valence-corrected chi connectivity index (χ0v) is 21.5. The molecule has 5 rings (SSSR count). The first-order valence-electron chi connectivity index (χ1n) is 12.9. The Morgan fingerprint density at radius 2 is 1.66 bits per heavy atom. The third-order valence-corrected chi connectivity index (χ3v) is 6.98. The van der Waals surface area contributed by atoms with Crippen LogP contribution < -0.4 is 0 Å². The minimum absolute atomic E-state index is 0.0391. The highest BCUT2D eigenvalue weighted by Gasteiger charge is 2.23. The minimum atomic E-state index is -0.952. The van der Waals surface area contributed by atoms with Gasteiger partial charge in [0.15, 0.2) is 0 Å². The van der Waals surface area contributed by atoms with Gasteiger partial charge in [0.2, 0.25) is 0 Å². The summed E-state index contributed by atoms with van der Waals surface area (Å²) in [4.78, 5) is 16.7. The van der Waals surface area contributed by atoms with Gasteiger partial charge < -0.3 is 14.8 Å². The number of imidazole rings is 1. The molecule has 7 nitrogen and oxygen atoms in total. The molecule has 2 aromatic heterocycles. The third-order valence-electron chi connectivity index (χ3n) is 6.98. The van der Waals surface area contributed by atoms with E-state index >= 15 is 0 Å². The number of carboxylic acids is 1. The van der Waals surface area contributed by atoms with E-state index in [0.717, 1.165) is 47.5 Å². The molecule has 0 saturated carbocycles. The Kier molecular flexibility index (Phi) is 7.18. The number of rotatable bonds is 9. The summed E-state index contributed by atoms with van der Waals surface area (Å²) in [6.45, 7) is 4.72. The molecule has 3 aromatic carbocycles. The zero-order chi connectivity index (χ0) is 26.6. The summed E-state index contributed by atoms with van der Waals surface area (Å²) in [6, 6.07) is 24.9. The molecule has 38 heavy (non-hydrogen) atoms. The van der Waals surface area contributed by atoms with Crippen LogP contribution in [0, 0.1) is 0 Å². The number of nitrogens with zero attached hydrogens (tertiary/aromatic N) is 4. The van der Waals surface area contributed by atoms with Gasteiger partial charge in [-0.15, -0.1) is 10.2 Å².